The van der Waals surface area contributed by atoms with Crippen molar-refractivity contribution >= 4 is 23.2 Å². The Kier molecular flexibility index (Phi) is 5.47. The number of benzene rings is 2. The second-order valence-electron chi connectivity index (χ2n) is 6.39. The Morgan fingerprint density at radius 1 is 0.821 bits per heavy atom. The zero-order valence-electron chi connectivity index (χ0n) is 15.5. The van der Waals surface area contributed by atoms with Gasteiger partial charge in [-0.15, -0.1) is 0 Å². The zero-order valence-corrected chi connectivity index (χ0v) is 15.5. The number of carbonyl (C=O) groups is 2. The van der Waals surface area contributed by atoms with E-state index < -0.39 is 11.8 Å². The lowest BCUT2D eigenvalue weighted by Crippen LogP contribution is -2.18. The lowest BCUT2D eigenvalue weighted by molar-refractivity contribution is 0.101. The fraction of sp³-hybridized carbons (Fsp3) is 0.0909. The van der Waals surface area contributed by atoms with Crippen molar-refractivity contribution < 1.29 is 9.59 Å². The Morgan fingerprint density at radius 3 is 2.00 bits per heavy atom. The van der Waals surface area contributed by atoms with E-state index in [2.05, 4.69) is 15.6 Å². The van der Waals surface area contributed by atoms with E-state index in [1.807, 2.05) is 38.1 Å². The van der Waals surface area contributed by atoms with Gasteiger partial charge in [0.2, 0.25) is 0 Å². The van der Waals surface area contributed by atoms with Gasteiger partial charge in [-0.2, -0.15) is 5.26 Å². The van der Waals surface area contributed by atoms with Crippen LogP contribution in [0, 0.1) is 25.2 Å². The third-order valence-electron chi connectivity index (χ3n) is 3.94. The molecule has 138 valence electrons. The minimum absolute atomic E-state index is 0.107. The molecule has 0 atom stereocenters. The molecule has 0 aliphatic carbocycles. The van der Waals surface area contributed by atoms with Gasteiger partial charge in [0.05, 0.1) is 11.6 Å². The molecule has 2 aromatic carbocycles. The van der Waals surface area contributed by atoms with E-state index in [-0.39, 0.29) is 11.4 Å². The zero-order chi connectivity index (χ0) is 20.1. The summed E-state index contributed by atoms with van der Waals surface area (Å²) >= 11 is 0. The maximum atomic E-state index is 12.5. The Bertz CT molecular complexity index is 1080. The Balaban J connectivity index is 1.76. The van der Waals surface area contributed by atoms with E-state index >= 15 is 0 Å². The number of nitriles is 1. The average Bonchev–Trinajstić information content (AvgIpc) is 2.67. The van der Waals surface area contributed by atoms with Crippen LogP contribution >= 0.6 is 0 Å². The molecule has 2 amide bonds. The molecule has 3 rings (SSSR count). The molecule has 6 heteroatoms. The normalized spacial score (nSPS) is 10.0. The molecule has 0 saturated carbocycles. The van der Waals surface area contributed by atoms with Gasteiger partial charge in [0, 0.05) is 11.4 Å². The number of nitrogens with zero attached hydrogens (tertiary/aromatic N) is 2. The number of carbonyl (C=O) groups excluding carboxylic acids is 2. The number of hydrogen-bond donors (Lipinski definition) is 2. The topological polar surface area (TPSA) is 94.9 Å². The van der Waals surface area contributed by atoms with Crippen LogP contribution in [0.25, 0.3) is 0 Å². The van der Waals surface area contributed by atoms with Gasteiger partial charge in [-0.25, -0.2) is 4.98 Å². The van der Waals surface area contributed by atoms with Crippen LogP contribution in [0.1, 0.15) is 37.7 Å². The highest BCUT2D eigenvalue weighted by atomic mass is 16.2. The SMILES string of the molecule is Cc1cc(C)cc(NC(=O)c2cccc(C(=O)Nc3cccc(C#N)c3)n2)c1. The highest BCUT2D eigenvalue weighted by Gasteiger charge is 2.13. The predicted molar refractivity (Wildman–Crippen MR) is 107 cm³/mol. The van der Waals surface area contributed by atoms with Crippen molar-refractivity contribution in [2.45, 2.75) is 13.8 Å². The Labute approximate surface area is 162 Å². The standard InChI is InChI=1S/C22H18N4O2/c1-14-9-15(2)11-18(10-14)25-22(28)20-8-4-7-19(26-20)21(27)24-17-6-3-5-16(12-17)13-23/h3-12H,1-2H3,(H,24,27)(H,25,28). The first kappa shape index (κ1) is 18.8. The highest BCUT2D eigenvalue weighted by Crippen LogP contribution is 2.15. The molecule has 2 N–H and O–H groups in total. The van der Waals surface area contributed by atoms with Crippen molar-refractivity contribution in [3.05, 3.63) is 88.7 Å². The van der Waals surface area contributed by atoms with Crippen molar-refractivity contribution in [2.24, 2.45) is 0 Å². The number of nitrogens with one attached hydrogen (secondary N) is 2. The summed E-state index contributed by atoms with van der Waals surface area (Å²) in [5, 5.41) is 14.4. The van der Waals surface area contributed by atoms with E-state index in [9.17, 15) is 9.59 Å². The van der Waals surface area contributed by atoms with Crippen LogP contribution in [0.2, 0.25) is 0 Å². The van der Waals surface area contributed by atoms with Gasteiger partial charge in [-0.1, -0.05) is 18.2 Å². The van der Waals surface area contributed by atoms with Crippen LogP contribution in [-0.4, -0.2) is 16.8 Å². The largest absolute Gasteiger partial charge is 0.321 e. The number of amides is 2. The molecule has 0 spiro atoms. The van der Waals surface area contributed by atoms with Crippen LogP contribution < -0.4 is 10.6 Å². The maximum absolute atomic E-state index is 12.5. The third-order valence-corrected chi connectivity index (χ3v) is 3.94. The molecule has 0 saturated heterocycles. The highest BCUT2D eigenvalue weighted by molar-refractivity contribution is 6.06. The molecule has 0 aliphatic heterocycles. The summed E-state index contributed by atoms with van der Waals surface area (Å²) in [4.78, 5) is 29.1. The number of hydrogen-bond acceptors (Lipinski definition) is 4. The lowest BCUT2D eigenvalue weighted by Gasteiger charge is -2.09. The van der Waals surface area contributed by atoms with Crippen molar-refractivity contribution in [1.82, 2.24) is 4.98 Å². The molecular formula is C22H18N4O2. The second-order valence-corrected chi connectivity index (χ2v) is 6.39. The van der Waals surface area contributed by atoms with E-state index in [1.54, 1.807) is 36.4 Å². The number of anilines is 2. The minimum Gasteiger partial charge on any atom is -0.321 e. The van der Waals surface area contributed by atoms with Crippen molar-refractivity contribution in [3.63, 3.8) is 0 Å². The van der Waals surface area contributed by atoms with Gasteiger partial charge in [0.1, 0.15) is 11.4 Å². The summed E-state index contributed by atoms with van der Waals surface area (Å²) < 4.78 is 0. The molecule has 1 aromatic heterocycles. The van der Waals surface area contributed by atoms with Gasteiger partial charge < -0.3 is 10.6 Å². The molecule has 6 nitrogen and oxygen atoms in total. The van der Waals surface area contributed by atoms with E-state index in [1.165, 1.54) is 6.07 Å². The molecule has 3 aromatic rings. The molecule has 0 aliphatic rings. The summed E-state index contributed by atoms with van der Waals surface area (Å²) in [5.74, 6) is -0.859. The van der Waals surface area contributed by atoms with Crippen LogP contribution in [0.5, 0.6) is 0 Å². The molecule has 28 heavy (non-hydrogen) atoms. The van der Waals surface area contributed by atoms with Crippen molar-refractivity contribution in [1.29, 1.82) is 5.26 Å². The summed E-state index contributed by atoms with van der Waals surface area (Å²) in [6, 6.07) is 19.0. The maximum Gasteiger partial charge on any atom is 0.274 e. The molecule has 0 fully saturated rings. The number of rotatable bonds is 4. The smallest absolute Gasteiger partial charge is 0.274 e. The van der Waals surface area contributed by atoms with Crippen LogP contribution in [0.15, 0.2) is 60.7 Å². The number of pyridine rings is 1. The van der Waals surface area contributed by atoms with Gasteiger partial charge in [-0.05, 0) is 67.4 Å². The minimum atomic E-state index is -0.462. The second kappa shape index (κ2) is 8.14. The first-order valence-electron chi connectivity index (χ1n) is 8.63. The lowest BCUT2D eigenvalue weighted by atomic mass is 10.1. The average molecular weight is 370 g/mol. The first-order valence-corrected chi connectivity index (χ1v) is 8.63. The monoisotopic (exact) mass is 370 g/mol. The third kappa shape index (κ3) is 4.59. The molecule has 1 heterocycles. The molecule has 0 radical (unpaired) electrons. The fourth-order valence-corrected chi connectivity index (χ4v) is 2.79. The van der Waals surface area contributed by atoms with Crippen molar-refractivity contribution in [3.8, 4) is 6.07 Å². The number of aryl methyl sites for hydroxylation is 2. The molecule has 0 bridgehead atoms. The van der Waals surface area contributed by atoms with Gasteiger partial charge in [0.25, 0.3) is 11.8 Å². The van der Waals surface area contributed by atoms with Crippen LogP contribution in [0.4, 0.5) is 11.4 Å². The van der Waals surface area contributed by atoms with Gasteiger partial charge in [-0.3, -0.25) is 9.59 Å². The van der Waals surface area contributed by atoms with E-state index in [0.717, 1.165) is 11.1 Å². The van der Waals surface area contributed by atoms with E-state index in [4.69, 9.17) is 5.26 Å². The summed E-state index contributed by atoms with van der Waals surface area (Å²) in [6.07, 6.45) is 0. The Hall–Kier alpha value is -3.98. The van der Waals surface area contributed by atoms with Crippen LogP contribution in [0.3, 0.4) is 0 Å². The molecular weight excluding hydrogens is 352 g/mol. The number of aromatic nitrogens is 1. The summed E-state index contributed by atoms with van der Waals surface area (Å²) in [7, 11) is 0. The fourth-order valence-electron chi connectivity index (χ4n) is 2.79. The quantitative estimate of drug-likeness (QED) is 0.723. The Morgan fingerprint density at radius 2 is 1.39 bits per heavy atom. The first-order chi connectivity index (χ1) is 13.4. The van der Waals surface area contributed by atoms with Crippen molar-refractivity contribution in [2.75, 3.05) is 10.6 Å². The van der Waals surface area contributed by atoms with Crippen LogP contribution in [-0.2, 0) is 0 Å². The van der Waals surface area contributed by atoms with Gasteiger partial charge in [0.15, 0.2) is 0 Å². The summed E-state index contributed by atoms with van der Waals surface area (Å²) in [5.41, 5.74) is 3.91. The molecule has 0 unspecified atom stereocenters. The van der Waals surface area contributed by atoms with Gasteiger partial charge >= 0.3 is 0 Å². The summed E-state index contributed by atoms with van der Waals surface area (Å²) in [6.45, 7) is 3.90. The predicted octanol–water partition coefficient (Wildman–Crippen LogP) is 4.07. The van der Waals surface area contributed by atoms with E-state index in [0.29, 0.717) is 16.9 Å².